The SMILES string of the molecule is CC/C=C\C/C=C\C/C=C\C/C=C\C/C=C\CCCCCCCCCCCCCCCC(=O)NC(COP(=O)(O)OCC[N+](C)(C)C)C(O)CCCCCCCCCCCCCC. The molecular formula is C54H102N2O6P+. The number of unbranched alkanes of at least 4 members (excludes halogenated alkanes) is 24. The molecule has 0 aromatic rings. The Labute approximate surface area is 390 Å². The maximum Gasteiger partial charge on any atom is 0.472 e. The number of carbonyl (C=O) groups excluding carboxylic acids is 1. The minimum Gasteiger partial charge on any atom is -0.391 e. The van der Waals surface area contributed by atoms with E-state index in [1.807, 2.05) is 21.1 Å². The molecule has 0 aliphatic carbocycles. The molecule has 0 aromatic heterocycles. The van der Waals surface area contributed by atoms with Gasteiger partial charge in [-0.05, 0) is 57.8 Å². The van der Waals surface area contributed by atoms with Crippen molar-refractivity contribution >= 4 is 13.7 Å². The number of phosphoric ester groups is 1. The molecule has 0 bridgehead atoms. The van der Waals surface area contributed by atoms with Crippen molar-refractivity contribution in [3.63, 3.8) is 0 Å². The number of allylic oxidation sites excluding steroid dienone is 10. The Balaban J connectivity index is 4.11. The van der Waals surface area contributed by atoms with Gasteiger partial charge >= 0.3 is 7.82 Å². The lowest BCUT2D eigenvalue weighted by Crippen LogP contribution is -2.46. The zero-order valence-corrected chi connectivity index (χ0v) is 42.7. The van der Waals surface area contributed by atoms with Crippen LogP contribution in [0.3, 0.4) is 0 Å². The molecule has 0 radical (unpaired) electrons. The number of carbonyl (C=O) groups is 1. The van der Waals surface area contributed by atoms with Gasteiger partial charge in [0, 0.05) is 6.42 Å². The van der Waals surface area contributed by atoms with Crippen LogP contribution in [0.15, 0.2) is 60.8 Å². The van der Waals surface area contributed by atoms with E-state index >= 15 is 0 Å². The molecule has 1 amide bonds. The van der Waals surface area contributed by atoms with Gasteiger partial charge in [-0.25, -0.2) is 4.57 Å². The number of amides is 1. The van der Waals surface area contributed by atoms with Crippen LogP contribution in [0.25, 0.3) is 0 Å². The zero-order chi connectivity index (χ0) is 46.4. The van der Waals surface area contributed by atoms with Crippen LogP contribution >= 0.6 is 7.82 Å². The highest BCUT2D eigenvalue weighted by atomic mass is 31.2. The first kappa shape index (κ1) is 61.2. The minimum atomic E-state index is -4.32. The van der Waals surface area contributed by atoms with Gasteiger partial charge in [-0.2, -0.15) is 0 Å². The number of likely N-dealkylation sites (N-methyl/N-ethyl adjacent to an activating group) is 1. The Hall–Kier alpha value is -1.80. The summed E-state index contributed by atoms with van der Waals surface area (Å²) in [5.41, 5.74) is 0. The molecule has 3 N–H and O–H groups in total. The zero-order valence-electron chi connectivity index (χ0n) is 41.8. The second kappa shape index (κ2) is 45.4. The minimum absolute atomic E-state index is 0.0730. The van der Waals surface area contributed by atoms with Gasteiger partial charge in [0.2, 0.25) is 5.91 Å². The molecule has 0 aliphatic rings. The number of hydrogen-bond donors (Lipinski definition) is 3. The first-order valence-corrected chi connectivity index (χ1v) is 27.6. The molecule has 0 aromatic carbocycles. The number of rotatable bonds is 47. The van der Waals surface area contributed by atoms with E-state index in [1.165, 1.54) is 128 Å². The number of quaternary nitrogens is 1. The highest BCUT2D eigenvalue weighted by Crippen LogP contribution is 2.43. The van der Waals surface area contributed by atoms with Crippen LogP contribution in [-0.2, 0) is 18.4 Å². The van der Waals surface area contributed by atoms with Crippen molar-refractivity contribution in [1.82, 2.24) is 5.32 Å². The molecule has 0 saturated heterocycles. The number of hydrogen-bond acceptors (Lipinski definition) is 5. The summed E-state index contributed by atoms with van der Waals surface area (Å²) in [5.74, 6) is -0.148. The molecule has 0 saturated carbocycles. The monoisotopic (exact) mass is 906 g/mol. The molecule has 3 atom stereocenters. The molecule has 0 rings (SSSR count). The van der Waals surface area contributed by atoms with Crippen LogP contribution in [0.4, 0.5) is 0 Å². The fraction of sp³-hybridized carbons (Fsp3) is 0.796. The van der Waals surface area contributed by atoms with Gasteiger partial charge in [0.1, 0.15) is 13.2 Å². The van der Waals surface area contributed by atoms with Crippen molar-refractivity contribution in [1.29, 1.82) is 0 Å². The van der Waals surface area contributed by atoms with E-state index < -0.39 is 20.0 Å². The molecule has 0 heterocycles. The summed E-state index contributed by atoms with van der Waals surface area (Å²) in [6, 6.07) is -0.762. The quantitative estimate of drug-likeness (QED) is 0.0243. The summed E-state index contributed by atoms with van der Waals surface area (Å²) in [5, 5.41) is 14.0. The second-order valence-corrected chi connectivity index (χ2v) is 20.3. The predicted octanol–water partition coefficient (Wildman–Crippen LogP) is 15.4. The van der Waals surface area contributed by atoms with Gasteiger partial charge in [0.15, 0.2) is 0 Å². The van der Waals surface area contributed by atoms with Crippen LogP contribution in [0.2, 0.25) is 0 Å². The normalized spacial score (nSPS) is 14.6. The van der Waals surface area contributed by atoms with Crippen molar-refractivity contribution in [3.05, 3.63) is 60.8 Å². The van der Waals surface area contributed by atoms with Crippen molar-refractivity contribution in [2.75, 3.05) is 40.9 Å². The van der Waals surface area contributed by atoms with Gasteiger partial charge in [0.05, 0.1) is 39.9 Å². The Morgan fingerprint density at radius 1 is 0.556 bits per heavy atom. The summed E-state index contributed by atoms with van der Waals surface area (Å²) in [7, 11) is 1.61. The molecule has 3 unspecified atom stereocenters. The van der Waals surface area contributed by atoms with E-state index in [0.717, 1.165) is 70.6 Å². The lowest BCUT2D eigenvalue weighted by atomic mass is 10.0. The van der Waals surface area contributed by atoms with Crippen molar-refractivity contribution in [3.8, 4) is 0 Å². The van der Waals surface area contributed by atoms with E-state index in [4.69, 9.17) is 9.05 Å². The lowest BCUT2D eigenvalue weighted by Gasteiger charge is -2.26. The maximum atomic E-state index is 12.9. The Kier molecular flexibility index (Phi) is 44.1. The maximum absolute atomic E-state index is 12.9. The fourth-order valence-electron chi connectivity index (χ4n) is 7.43. The third kappa shape index (κ3) is 48.0. The molecule has 368 valence electrons. The van der Waals surface area contributed by atoms with Crippen LogP contribution in [-0.4, -0.2) is 73.4 Å². The first-order valence-electron chi connectivity index (χ1n) is 26.2. The second-order valence-electron chi connectivity index (χ2n) is 18.9. The van der Waals surface area contributed by atoms with Gasteiger partial charge in [-0.15, -0.1) is 0 Å². The molecule has 0 fully saturated rings. The number of nitrogens with zero attached hydrogens (tertiary/aromatic N) is 1. The summed E-state index contributed by atoms with van der Waals surface area (Å²) in [6.07, 6.45) is 59.8. The largest absolute Gasteiger partial charge is 0.472 e. The fourth-order valence-corrected chi connectivity index (χ4v) is 8.16. The van der Waals surface area contributed by atoms with Crippen LogP contribution in [0.5, 0.6) is 0 Å². The topological polar surface area (TPSA) is 105 Å². The highest BCUT2D eigenvalue weighted by molar-refractivity contribution is 7.47. The molecule has 9 heteroatoms. The van der Waals surface area contributed by atoms with Crippen LogP contribution < -0.4 is 5.32 Å². The molecule has 0 spiro atoms. The smallest absolute Gasteiger partial charge is 0.391 e. The van der Waals surface area contributed by atoms with Gasteiger partial charge in [0.25, 0.3) is 0 Å². The molecule has 63 heavy (non-hydrogen) atoms. The first-order chi connectivity index (χ1) is 30.5. The van der Waals surface area contributed by atoms with Crippen molar-refractivity contribution < 1.29 is 32.9 Å². The van der Waals surface area contributed by atoms with Gasteiger partial charge in [-0.3, -0.25) is 13.8 Å². The van der Waals surface area contributed by atoms with Crippen LogP contribution in [0.1, 0.15) is 226 Å². The number of phosphoric acid groups is 1. The molecule has 0 aliphatic heterocycles. The third-order valence-electron chi connectivity index (χ3n) is 11.5. The molecular weight excluding hydrogens is 804 g/mol. The van der Waals surface area contributed by atoms with E-state index in [1.54, 1.807) is 0 Å². The van der Waals surface area contributed by atoms with E-state index in [-0.39, 0.29) is 19.1 Å². The van der Waals surface area contributed by atoms with E-state index in [9.17, 15) is 19.4 Å². The Morgan fingerprint density at radius 2 is 0.952 bits per heavy atom. The highest BCUT2D eigenvalue weighted by Gasteiger charge is 2.28. The van der Waals surface area contributed by atoms with Crippen molar-refractivity contribution in [2.24, 2.45) is 0 Å². The Morgan fingerprint density at radius 3 is 1.40 bits per heavy atom. The van der Waals surface area contributed by atoms with E-state index in [2.05, 4.69) is 79.9 Å². The van der Waals surface area contributed by atoms with Crippen molar-refractivity contribution in [2.45, 2.75) is 238 Å². The predicted molar refractivity (Wildman–Crippen MR) is 272 cm³/mol. The van der Waals surface area contributed by atoms with Gasteiger partial charge < -0.3 is 19.8 Å². The average Bonchev–Trinajstić information content (AvgIpc) is 3.24. The average molecular weight is 906 g/mol. The number of aliphatic hydroxyl groups is 1. The number of aliphatic hydroxyl groups excluding tert-OH is 1. The summed E-state index contributed by atoms with van der Waals surface area (Å²) in [4.78, 5) is 23.2. The summed E-state index contributed by atoms with van der Waals surface area (Å²) < 4.78 is 23.7. The van der Waals surface area contributed by atoms with Gasteiger partial charge in [-0.1, -0.05) is 222 Å². The Bertz CT molecular complexity index is 1210. The van der Waals surface area contributed by atoms with Crippen LogP contribution in [0, 0.1) is 0 Å². The standard InChI is InChI=1S/C54H101N2O6P/c1-6-8-10-12-14-16-18-20-21-22-23-24-25-26-27-28-29-30-31-32-33-34-35-36-38-40-42-44-46-48-54(58)55-52(51-62-63(59,60)61-50-49-56(3,4)5)53(57)47-45-43-41-39-37-19-17-15-13-11-9-7-2/h8,10,14,16,20-21,23-24,26-27,52-53,57H,6-7,9,11-13,15,17-19,22,25,28-51H2,1-5H3,(H-,55,58,59,60)/p+1/b10-8-,16-14-,21-20-,24-23-,27-26-. The lowest BCUT2D eigenvalue weighted by molar-refractivity contribution is -0.870. The third-order valence-corrected chi connectivity index (χ3v) is 12.5. The summed E-state index contributed by atoms with van der Waals surface area (Å²) >= 11 is 0. The van der Waals surface area contributed by atoms with E-state index in [0.29, 0.717) is 23.9 Å². The molecule has 8 nitrogen and oxygen atoms in total. The summed E-state index contributed by atoms with van der Waals surface area (Å²) in [6.45, 7) is 4.77. The number of nitrogens with one attached hydrogen (secondary N) is 1.